The summed E-state index contributed by atoms with van der Waals surface area (Å²) in [6, 6.07) is 11.2. The van der Waals surface area contributed by atoms with Crippen LogP contribution < -0.4 is 5.32 Å². The highest BCUT2D eigenvalue weighted by Gasteiger charge is 2.25. The summed E-state index contributed by atoms with van der Waals surface area (Å²) in [6.45, 7) is 2.19. The van der Waals surface area contributed by atoms with Gasteiger partial charge in [-0.3, -0.25) is 0 Å². The number of aliphatic hydroxyl groups is 1. The van der Waals surface area contributed by atoms with Gasteiger partial charge < -0.3 is 10.4 Å². The minimum absolute atomic E-state index is 0.141. The van der Waals surface area contributed by atoms with Gasteiger partial charge in [0, 0.05) is 12.1 Å². The van der Waals surface area contributed by atoms with Crippen LogP contribution in [-0.2, 0) is 6.42 Å². The van der Waals surface area contributed by atoms with Crippen LogP contribution in [0.25, 0.3) is 0 Å². The molecule has 1 fully saturated rings. The Balaban J connectivity index is 1.82. The Kier molecular flexibility index (Phi) is 3.97. The number of nitrogens with one attached hydrogen (secondary N) is 1. The van der Waals surface area contributed by atoms with Gasteiger partial charge in [0.1, 0.15) is 0 Å². The molecule has 0 spiro atoms. The fourth-order valence-electron chi connectivity index (χ4n) is 2.53. The molecule has 2 heteroatoms. The van der Waals surface area contributed by atoms with E-state index in [1.807, 2.05) is 6.07 Å². The highest BCUT2D eigenvalue weighted by atomic mass is 16.3. The maximum absolute atomic E-state index is 9.74. The molecule has 2 nitrogen and oxygen atoms in total. The van der Waals surface area contributed by atoms with Gasteiger partial charge in [0.2, 0.25) is 0 Å². The Morgan fingerprint density at radius 1 is 1.31 bits per heavy atom. The third-order valence-corrected chi connectivity index (χ3v) is 3.36. The average Bonchev–Trinajstić information content (AvgIpc) is 2.66. The van der Waals surface area contributed by atoms with Gasteiger partial charge in [-0.25, -0.2) is 0 Å². The normalized spacial score (nSPS) is 26.9. The van der Waals surface area contributed by atoms with Crippen molar-refractivity contribution in [3.05, 3.63) is 35.9 Å². The summed E-state index contributed by atoms with van der Waals surface area (Å²) in [6.07, 6.45) is 4.11. The Morgan fingerprint density at radius 3 is 2.69 bits per heavy atom. The quantitative estimate of drug-likeness (QED) is 0.813. The number of hydrogen-bond acceptors (Lipinski definition) is 2. The SMILES string of the molecule is CC(Cc1ccccc1)N[C@@H]1CCC[C@H]1O. The lowest BCUT2D eigenvalue weighted by molar-refractivity contribution is 0.144. The molecule has 1 unspecified atom stereocenters. The molecule has 0 saturated heterocycles. The maximum atomic E-state index is 9.74. The Morgan fingerprint density at radius 2 is 2.06 bits per heavy atom. The van der Waals surface area contributed by atoms with Crippen LogP contribution in [0.4, 0.5) is 0 Å². The summed E-state index contributed by atoms with van der Waals surface area (Å²) >= 11 is 0. The molecule has 1 aliphatic rings. The van der Waals surface area contributed by atoms with Crippen LogP contribution in [0.15, 0.2) is 30.3 Å². The molecule has 0 bridgehead atoms. The number of benzene rings is 1. The van der Waals surface area contributed by atoms with E-state index in [0.717, 1.165) is 25.7 Å². The van der Waals surface area contributed by atoms with Crippen molar-refractivity contribution in [1.82, 2.24) is 5.32 Å². The lowest BCUT2D eigenvalue weighted by atomic mass is 10.1. The van der Waals surface area contributed by atoms with Crippen molar-refractivity contribution in [3.63, 3.8) is 0 Å². The van der Waals surface area contributed by atoms with Gasteiger partial charge in [0.25, 0.3) is 0 Å². The maximum Gasteiger partial charge on any atom is 0.0693 e. The number of rotatable bonds is 4. The van der Waals surface area contributed by atoms with E-state index in [0.29, 0.717) is 12.1 Å². The Labute approximate surface area is 97.7 Å². The number of aliphatic hydroxyl groups excluding tert-OH is 1. The number of hydrogen-bond donors (Lipinski definition) is 2. The van der Waals surface area contributed by atoms with E-state index in [1.54, 1.807) is 0 Å². The molecule has 88 valence electrons. The first-order valence-electron chi connectivity index (χ1n) is 6.24. The van der Waals surface area contributed by atoms with E-state index in [2.05, 4.69) is 36.5 Å². The summed E-state index contributed by atoms with van der Waals surface area (Å²) in [5, 5.41) is 13.3. The van der Waals surface area contributed by atoms with Gasteiger partial charge in [-0.1, -0.05) is 30.3 Å². The standard InChI is InChI=1S/C14H21NO/c1-11(10-12-6-3-2-4-7-12)15-13-8-5-9-14(13)16/h2-4,6-7,11,13-16H,5,8-10H2,1H3/t11?,13-,14-/m1/s1. The first kappa shape index (κ1) is 11.6. The van der Waals surface area contributed by atoms with E-state index in [4.69, 9.17) is 0 Å². The second kappa shape index (κ2) is 5.46. The molecule has 3 atom stereocenters. The van der Waals surface area contributed by atoms with Crippen molar-refractivity contribution in [3.8, 4) is 0 Å². The molecular weight excluding hydrogens is 198 g/mol. The Bertz CT molecular complexity index is 312. The van der Waals surface area contributed by atoms with Crippen LogP contribution in [0, 0.1) is 0 Å². The van der Waals surface area contributed by atoms with Gasteiger partial charge in [0.15, 0.2) is 0 Å². The monoisotopic (exact) mass is 219 g/mol. The Hall–Kier alpha value is -0.860. The smallest absolute Gasteiger partial charge is 0.0693 e. The molecule has 0 aliphatic heterocycles. The van der Waals surface area contributed by atoms with Crippen molar-refractivity contribution in [1.29, 1.82) is 0 Å². The molecule has 0 amide bonds. The van der Waals surface area contributed by atoms with Crippen LogP contribution in [0.3, 0.4) is 0 Å². The molecule has 1 aliphatic carbocycles. The molecular formula is C14H21NO. The van der Waals surface area contributed by atoms with E-state index >= 15 is 0 Å². The van der Waals surface area contributed by atoms with Crippen molar-refractivity contribution in [2.45, 2.75) is 50.8 Å². The average molecular weight is 219 g/mol. The first-order chi connectivity index (χ1) is 7.75. The van der Waals surface area contributed by atoms with Gasteiger partial charge >= 0.3 is 0 Å². The van der Waals surface area contributed by atoms with E-state index in [-0.39, 0.29) is 6.10 Å². The van der Waals surface area contributed by atoms with E-state index in [9.17, 15) is 5.11 Å². The zero-order valence-electron chi connectivity index (χ0n) is 9.89. The van der Waals surface area contributed by atoms with Crippen LogP contribution in [0.2, 0.25) is 0 Å². The van der Waals surface area contributed by atoms with Crippen LogP contribution in [0.1, 0.15) is 31.7 Å². The lowest BCUT2D eigenvalue weighted by Gasteiger charge is -2.22. The molecule has 0 radical (unpaired) electrons. The van der Waals surface area contributed by atoms with Crippen LogP contribution in [-0.4, -0.2) is 23.3 Å². The minimum atomic E-state index is -0.141. The second-order valence-corrected chi connectivity index (χ2v) is 4.86. The van der Waals surface area contributed by atoms with Crippen molar-refractivity contribution in [2.75, 3.05) is 0 Å². The fraction of sp³-hybridized carbons (Fsp3) is 0.571. The largest absolute Gasteiger partial charge is 0.392 e. The molecule has 1 aromatic carbocycles. The molecule has 0 aromatic heterocycles. The van der Waals surface area contributed by atoms with Crippen molar-refractivity contribution < 1.29 is 5.11 Å². The molecule has 16 heavy (non-hydrogen) atoms. The molecule has 1 aromatic rings. The zero-order valence-corrected chi connectivity index (χ0v) is 9.89. The van der Waals surface area contributed by atoms with Gasteiger partial charge in [-0.05, 0) is 38.2 Å². The van der Waals surface area contributed by atoms with Crippen LogP contribution in [0.5, 0.6) is 0 Å². The van der Waals surface area contributed by atoms with E-state index in [1.165, 1.54) is 5.56 Å². The summed E-state index contributed by atoms with van der Waals surface area (Å²) in [7, 11) is 0. The third-order valence-electron chi connectivity index (χ3n) is 3.36. The van der Waals surface area contributed by atoms with Crippen molar-refractivity contribution in [2.24, 2.45) is 0 Å². The van der Waals surface area contributed by atoms with Gasteiger partial charge in [-0.15, -0.1) is 0 Å². The van der Waals surface area contributed by atoms with Crippen LogP contribution >= 0.6 is 0 Å². The lowest BCUT2D eigenvalue weighted by Crippen LogP contribution is -2.42. The predicted molar refractivity (Wildman–Crippen MR) is 66.4 cm³/mol. The van der Waals surface area contributed by atoms with E-state index < -0.39 is 0 Å². The summed E-state index contributed by atoms with van der Waals surface area (Å²) in [5.41, 5.74) is 1.36. The van der Waals surface area contributed by atoms with Gasteiger partial charge in [-0.2, -0.15) is 0 Å². The molecule has 2 N–H and O–H groups in total. The summed E-state index contributed by atoms with van der Waals surface area (Å²) in [4.78, 5) is 0. The summed E-state index contributed by atoms with van der Waals surface area (Å²) < 4.78 is 0. The highest BCUT2D eigenvalue weighted by molar-refractivity contribution is 5.15. The summed E-state index contributed by atoms with van der Waals surface area (Å²) in [5.74, 6) is 0. The second-order valence-electron chi connectivity index (χ2n) is 4.86. The zero-order chi connectivity index (χ0) is 11.4. The predicted octanol–water partition coefficient (Wildman–Crippen LogP) is 2.12. The van der Waals surface area contributed by atoms with Gasteiger partial charge in [0.05, 0.1) is 6.10 Å². The minimum Gasteiger partial charge on any atom is -0.392 e. The molecule has 0 heterocycles. The fourth-order valence-corrected chi connectivity index (χ4v) is 2.53. The topological polar surface area (TPSA) is 32.3 Å². The highest BCUT2D eigenvalue weighted by Crippen LogP contribution is 2.19. The first-order valence-corrected chi connectivity index (χ1v) is 6.24. The molecule has 1 saturated carbocycles. The molecule has 2 rings (SSSR count). The third kappa shape index (κ3) is 3.06. The van der Waals surface area contributed by atoms with Crippen molar-refractivity contribution >= 4 is 0 Å².